The van der Waals surface area contributed by atoms with Gasteiger partial charge in [0, 0.05) is 11.6 Å². The van der Waals surface area contributed by atoms with Gasteiger partial charge in [0.1, 0.15) is 5.69 Å². The fraction of sp³-hybridized carbons (Fsp3) is 0. The molecule has 0 fully saturated rings. The van der Waals surface area contributed by atoms with Crippen LogP contribution in [0.2, 0.25) is 0 Å². The van der Waals surface area contributed by atoms with Gasteiger partial charge in [0.2, 0.25) is 5.95 Å². The second-order valence-electron chi connectivity index (χ2n) is 4.40. The van der Waals surface area contributed by atoms with Crippen LogP contribution < -0.4 is 0 Å². The molecule has 0 aliphatic rings. The quantitative estimate of drug-likeness (QED) is 0.577. The summed E-state index contributed by atoms with van der Waals surface area (Å²) in [4.78, 5) is 13.5. The van der Waals surface area contributed by atoms with Crippen molar-refractivity contribution in [3.8, 4) is 22.0 Å². The molecule has 0 saturated heterocycles. The smallest absolute Gasteiger partial charge is 0.213 e. The average Bonchev–Trinajstić information content (AvgIpc) is 3.17. The van der Waals surface area contributed by atoms with E-state index in [0.717, 1.165) is 21.5 Å². The Morgan fingerprint density at radius 2 is 2.05 bits per heavy atom. The minimum Gasteiger partial charge on any atom is -0.278 e. The van der Waals surface area contributed by atoms with Crippen LogP contribution >= 0.6 is 11.3 Å². The molecule has 1 N–H and O–H groups in total. The van der Waals surface area contributed by atoms with Gasteiger partial charge in [-0.2, -0.15) is 9.49 Å². The molecule has 0 radical (unpaired) electrons. The number of halogens is 1. The topological polar surface area (TPSA) is 67.3 Å². The van der Waals surface area contributed by atoms with E-state index in [1.54, 1.807) is 30.0 Å². The van der Waals surface area contributed by atoms with Gasteiger partial charge < -0.3 is 0 Å². The van der Waals surface area contributed by atoms with E-state index in [4.69, 9.17) is 0 Å². The molecular weight excluding hydrogens is 289 g/mol. The Morgan fingerprint density at radius 1 is 1.10 bits per heavy atom. The van der Waals surface area contributed by atoms with Crippen molar-refractivity contribution in [3.63, 3.8) is 0 Å². The summed E-state index contributed by atoms with van der Waals surface area (Å²) in [6, 6.07) is 6.56. The molecule has 0 atom stereocenters. The van der Waals surface area contributed by atoms with Crippen molar-refractivity contribution in [2.75, 3.05) is 0 Å². The number of aromatic nitrogens is 5. The van der Waals surface area contributed by atoms with Crippen molar-refractivity contribution in [1.82, 2.24) is 25.1 Å². The number of hydrogen-bond acceptors (Lipinski definition) is 5. The first-order chi connectivity index (χ1) is 10.3. The normalized spacial score (nSPS) is 11.1. The Labute approximate surface area is 122 Å². The van der Waals surface area contributed by atoms with Crippen LogP contribution in [0.5, 0.6) is 0 Å². The van der Waals surface area contributed by atoms with Crippen LogP contribution in [-0.4, -0.2) is 25.1 Å². The first kappa shape index (κ1) is 12.1. The highest BCUT2D eigenvalue weighted by Crippen LogP contribution is 2.30. The minimum atomic E-state index is -0.533. The summed E-state index contributed by atoms with van der Waals surface area (Å²) in [5, 5.41) is 7.76. The van der Waals surface area contributed by atoms with Crippen LogP contribution in [0, 0.1) is 5.95 Å². The number of nitrogens with zero attached hydrogens (tertiary/aromatic N) is 4. The summed E-state index contributed by atoms with van der Waals surface area (Å²) >= 11 is 1.49. The Balaban J connectivity index is 2.01. The lowest BCUT2D eigenvalue weighted by Gasteiger charge is -2.05. The average molecular weight is 297 g/mol. The minimum absolute atomic E-state index is 0.479. The highest BCUT2D eigenvalue weighted by molar-refractivity contribution is 7.13. The van der Waals surface area contributed by atoms with E-state index in [-0.39, 0.29) is 0 Å². The van der Waals surface area contributed by atoms with Crippen molar-refractivity contribution in [2.45, 2.75) is 0 Å². The molecule has 4 aromatic rings. The maximum Gasteiger partial charge on any atom is 0.213 e. The lowest BCUT2D eigenvalue weighted by molar-refractivity contribution is 0.585. The van der Waals surface area contributed by atoms with E-state index in [0.29, 0.717) is 11.4 Å². The number of nitrogens with one attached hydrogen (secondary N) is 1. The van der Waals surface area contributed by atoms with Gasteiger partial charge in [0.15, 0.2) is 0 Å². The van der Waals surface area contributed by atoms with Crippen LogP contribution in [-0.2, 0) is 0 Å². The van der Waals surface area contributed by atoms with E-state index in [1.165, 1.54) is 17.4 Å². The van der Waals surface area contributed by atoms with Crippen molar-refractivity contribution in [2.24, 2.45) is 0 Å². The van der Waals surface area contributed by atoms with Gasteiger partial charge in [0.25, 0.3) is 0 Å². The predicted molar refractivity (Wildman–Crippen MR) is 78.2 cm³/mol. The second-order valence-corrected chi connectivity index (χ2v) is 5.28. The lowest BCUT2D eigenvalue weighted by atomic mass is 10.1. The molecule has 7 heteroatoms. The molecule has 0 aromatic carbocycles. The maximum atomic E-state index is 13.4. The SMILES string of the molecule is Fc1cccc(-c2nc(-c3cncs3)cc3[nH]ncc23)n1. The van der Waals surface area contributed by atoms with Crippen LogP contribution in [0.1, 0.15) is 0 Å². The molecule has 0 aliphatic heterocycles. The molecule has 0 amide bonds. The van der Waals surface area contributed by atoms with Gasteiger partial charge in [-0.25, -0.2) is 9.97 Å². The van der Waals surface area contributed by atoms with Gasteiger partial charge in [-0.15, -0.1) is 11.3 Å². The van der Waals surface area contributed by atoms with Crippen LogP contribution in [0.3, 0.4) is 0 Å². The van der Waals surface area contributed by atoms with Gasteiger partial charge in [-0.1, -0.05) is 6.07 Å². The summed E-state index contributed by atoms with van der Waals surface area (Å²) in [5.41, 5.74) is 4.41. The number of fused-ring (bicyclic) bond motifs is 1. The zero-order valence-corrected chi connectivity index (χ0v) is 11.4. The van der Waals surface area contributed by atoms with Gasteiger partial charge in [-0.05, 0) is 18.2 Å². The Kier molecular flexibility index (Phi) is 2.71. The first-order valence-corrected chi connectivity index (χ1v) is 7.05. The monoisotopic (exact) mass is 297 g/mol. The van der Waals surface area contributed by atoms with Crippen molar-refractivity contribution >= 4 is 22.2 Å². The molecule has 4 heterocycles. The summed E-state index contributed by atoms with van der Waals surface area (Å²) in [7, 11) is 0. The molecule has 0 bridgehead atoms. The second kappa shape index (κ2) is 4.71. The number of rotatable bonds is 2. The molecule has 0 unspecified atom stereocenters. The third kappa shape index (κ3) is 2.07. The van der Waals surface area contributed by atoms with Crippen molar-refractivity contribution in [3.05, 3.63) is 48.1 Å². The molecule has 21 heavy (non-hydrogen) atoms. The van der Waals surface area contributed by atoms with Crippen molar-refractivity contribution in [1.29, 1.82) is 0 Å². The van der Waals surface area contributed by atoms with Gasteiger partial charge in [0.05, 0.1) is 33.5 Å². The molecular formula is C14H8FN5S. The van der Waals surface area contributed by atoms with Gasteiger partial charge >= 0.3 is 0 Å². The van der Waals surface area contributed by atoms with Crippen LogP contribution in [0.15, 0.2) is 42.2 Å². The number of pyridine rings is 2. The first-order valence-electron chi connectivity index (χ1n) is 6.17. The molecule has 0 aliphatic carbocycles. The fourth-order valence-corrected chi connectivity index (χ4v) is 2.73. The molecule has 0 saturated carbocycles. The van der Waals surface area contributed by atoms with E-state index in [9.17, 15) is 4.39 Å². The summed E-state index contributed by atoms with van der Waals surface area (Å²) < 4.78 is 13.4. The molecule has 0 spiro atoms. The zero-order chi connectivity index (χ0) is 14.2. The van der Waals surface area contributed by atoms with Gasteiger partial charge in [-0.3, -0.25) is 10.1 Å². The Morgan fingerprint density at radius 3 is 2.86 bits per heavy atom. The number of H-pyrrole nitrogens is 1. The zero-order valence-electron chi connectivity index (χ0n) is 10.6. The van der Waals surface area contributed by atoms with Crippen LogP contribution in [0.4, 0.5) is 4.39 Å². The number of aromatic amines is 1. The number of hydrogen-bond donors (Lipinski definition) is 1. The molecule has 102 valence electrons. The Bertz CT molecular complexity index is 916. The third-order valence-corrected chi connectivity index (χ3v) is 3.88. The van der Waals surface area contributed by atoms with E-state index in [2.05, 4.69) is 25.1 Å². The van der Waals surface area contributed by atoms with E-state index in [1.807, 2.05) is 6.07 Å². The van der Waals surface area contributed by atoms with Crippen LogP contribution in [0.25, 0.3) is 32.9 Å². The number of thiazole rings is 1. The third-order valence-electron chi connectivity index (χ3n) is 3.08. The highest BCUT2D eigenvalue weighted by atomic mass is 32.1. The maximum absolute atomic E-state index is 13.4. The Hall–Kier alpha value is -2.67. The summed E-state index contributed by atoms with van der Waals surface area (Å²) in [6.07, 6.45) is 3.42. The lowest BCUT2D eigenvalue weighted by Crippen LogP contribution is -1.92. The standard InChI is InChI=1S/C14H8FN5S/c15-13-3-1-2-9(18-13)14-8-5-17-20-10(8)4-11(19-14)12-6-16-7-21-12/h1-7H,(H,17,20). The summed E-state index contributed by atoms with van der Waals surface area (Å²) in [5.74, 6) is -0.533. The molecule has 4 rings (SSSR count). The van der Waals surface area contributed by atoms with E-state index < -0.39 is 5.95 Å². The molecule has 4 aromatic heterocycles. The molecule has 5 nitrogen and oxygen atoms in total. The summed E-state index contributed by atoms with van der Waals surface area (Å²) in [6.45, 7) is 0. The predicted octanol–water partition coefficient (Wildman–Crippen LogP) is 3.28. The largest absolute Gasteiger partial charge is 0.278 e. The fourth-order valence-electron chi connectivity index (χ4n) is 2.15. The van der Waals surface area contributed by atoms with E-state index >= 15 is 0 Å². The van der Waals surface area contributed by atoms with Crippen molar-refractivity contribution < 1.29 is 4.39 Å². The highest BCUT2D eigenvalue weighted by Gasteiger charge is 2.13.